The van der Waals surface area contributed by atoms with Gasteiger partial charge in [-0.05, 0) is 6.42 Å². The highest BCUT2D eigenvalue weighted by Gasteiger charge is 2.18. The lowest BCUT2D eigenvalue weighted by Crippen LogP contribution is -2.46. The molecule has 0 bridgehead atoms. The Kier molecular flexibility index (Phi) is 7.29. The molecule has 0 aromatic rings. The highest BCUT2D eigenvalue weighted by Crippen LogP contribution is 2.00. The number of rotatable bonds is 8. The summed E-state index contributed by atoms with van der Waals surface area (Å²) < 4.78 is 0.543. The van der Waals surface area contributed by atoms with Gasteiger partial charge in [0.1, 0.15) is 6.54 Å². The van der Waals surface area contributed by atoms with Gasteiger partial charge in [-0.3, -0.25) is 4.79 Å². The summed E-state index contributed by atoms with van der Waals surface area (Å²) in [5.74, 6) is 0.0926. The number of carbonyl (C=O) groups excluding carboxylic acids is 1. The van der Waals surface area contributed by atoms with Crippen molar-refractivity contribution < 1.29 is 19.5 Å². The second kappa shape index (κ2) is 7.60. The summed E-state index contributed by atoms with van der Waals surface area (Å²) in [5, 5.41) is 20.6. The van der Waals surface area contributed by atoms with Crippen molar-refractivity contribution in [2.75, 3.05) is 33.7 Å². The Morgan fingerprint density at radius 3 is 2.50 bits per heavy atom. The lowest BCUT2D eigenvalue weighted by Gasteiger charge is -2.30. The van der Waals surface area contributed by atoms with Gasteiger partial charge in [0.2, 0.25) is 12.2 Å². The minimum Gasteiger partial charge on any atom is -0.364 e. The van der Waals surface area contributed by atoms with Crippen LogP contribution < -0.4 is 5.32 Å². The monoisotopic (exact) mass is 233 g/mol. The molecule has 0 aliphatic rings. The Bertz CT molecular complexity index is 205. The van der Waals surface area contributed by atoms with Crippen molar-refractivity contribution >= 4 is 5.91 Å². The summed E-state index contributed by atoms with van der Waals surface area (Å²) in [6.45, 7) is 3.75. The molecular weight excluding hydrogens is 208 g/mol. The zero-order valence-corrected chi connectivity index (χ0v) is 10.6. The normalized spacial score (nSPS) is 11.9. The Morgan fingerprint density at radius 1 is 1.38 bits per heavy atom. The van der Waals surface area contributed by atoms with E-state index in [1.807, 2.05) is 21.0 Å². The Morgan fingerprint density at radius 2 is 2.00 bits per heavy atom. The van der Waals surface area contributed by atoms with Gasteiger partial charge < -0.3 is 20.0 Å². The van der Waals surface area contributed by atoms with E-state index < -0.39 is 6.29 Å². The maximum Gasteiger partial charge on any atom is 0.219 e. The molecule has 0 aromatic heterocycles. The topological polar surface area (TPSA) is 69.6 Å². The number of nitrogens with zero attached hydrogens (tertiary/aromatic N) is 1. The summed E-state index contributed by atoms with van der Waals surface area (Å²) in [6, 6.07) is 0. The van der Waals surface area contributed by atoms with Crippen LogP contribution in [0.25, 0.3) is 0 Å². The molecule has 0 heterocycles. The number of carbonyl (C=O) groups is 1. The standard InChI is InChI=1S/C11H24N2O3/c1-4-6-10(14)12-7-5-8-13(2,3)9-11(15)16/h11,15-16H,4-9H2,1-3H3/p+1. The van der Waals surface area contributed by atoms with Gasteiger partial charge in [-0.2, -0.15) is 0 Å². The van der Waals surface area contributed by atoms with E-state index in [0.717, 1.165) is 19.4 Å². The maximum atomic E-state index is 11.1. The van der Waals surface area contributed by atoms with Gasteiger partial charge in [0.15, 0.2) is 0 Å². The number of aliphatic hydroxyl groups excluding tert-OH is 1. The molecule has 0 fully saturated rings. The highest BCUT2D eigenvalue weighted by atomic mass is 16.5. The molecule has 0 spiro atoms. The molecule has 0 saturated heterocycles. The zero-order chi connectivity index (χ0) is 12.6. The van der Waals surface area contributed by atoms with Crippen LogP contribution in [0.1, 0.15) is 26.2 Å². The van der Waals surface area contributed by atoms with Crippen molar-refractivity contribution in [1.82, 2.24) is 5.32 Å². The van der Waals surface area contributed by atoms with Gasteiger partial charge in [-0.15, -0.1) is 0 Å². The quantitative estimate of drug-likeness (QED) is 0.306. The first-order valence-electron chi connectivity index (χ1n) is 5.82. The molecule has 96 valence electrons. The maximum absolute atomic E-state index is 11.1. The second-order valence-electron chi connectivity index (χ2n) is 4.78. The van der Waals surface area contributed by atoms with E-state index in [4.69, 9.17) is 10.2 Å². The Balaban J connectivity index is 3.61. The van der Waals surface area contributed by atoms with E-state index in [-0.39, 0.29) is 5.91 Å². The molecule has 0 radical (unpaired) electrons. The van der Waals surface area contributed by atoms with E-state index in [1.54, 1.807) is 0 Å². The lowest BCUT2D eigenvalue weighted by molar-refractivity contribution is -0.896. The third-order valence-electron chi connectivity index (χ3n) is 2.40. The van der Waals surface area contributed by atoms with Crippen LogP contribution in [0.3, 0.4) is 0 Å². The van der Waals surface area contributed by atoms with Gasteiger partial charge in [0, 0.05) is 19.4 Å². The Labute approximate surface area is 97.7 Å². The number of hydrogen-bond donors (Lipinski definition) is 3. The van der Waals surface area contributed by atoms with Crippen molar-refractivity contribution in [1.29, 1.82) is 0 Å². The van der Waals surface area contributed by atoms with Crippen LogP contribution in [-0.2, 0) is 4.79 Å². The highest BCUT2D eigenvalue weighted by molar-refractivity contribution is 5.75. The van der Waals surface area contributed by atoms with Crippen molar-refractivity contribution in [3.63, 3.8) is 0 Å². The van der Waals surface area contributed by atoms with Crippen LogP contribution in [0, 0.1) is 0 Å². The number of amides is 1. The summed E-state index contributed by atoms with van der Waals surface area (Å²) in [5.41, 5.74) is 0. The van der Waals surface area contributed by atoms with E-state index in [0.29, 0.717) is 24.0 Å². The fourth-order valence-corrected chi connectivity index (χ4v) is 1.58. The van der Waals surface area contributed by atoms with Crippen LogP contribution >= 0.6 is 0 Å². The molecule has 0 aromatic carbocycles. The third-order valence-corrected chi connectivity index (χ3v) is 2.40. The molecule has 0 aliphatic heterocycles. The molecule has 3 N–H and O–H groups in total. The third kappa shape index (κ3) is 8.64. The van der Waals surface area contributed by atoms with Crippen LogP contribution in [0.2, 0.25) is 0 Å². The molecule has 16 heavy (non-hydrogen) atoms. The fourth-order valence-electron chi connectivity index (χ4n) is 1.58. The summed E-state index contributed by atoms with van der Waals surface area (Å²) >= 11 is 0. The first-order valence-corrected chi connectivity index (χ1v) is 5.82. The number of nitrogens with one attached hydrogen (secondary N) is 1. The largest absolute Gasteiger partial charge is 0.364 e. The smallest absolute Gasteiger partial charge is 0.219 e. The van der Waals surface area contributed by atoms with Gasteiger partial charge in [-0.25, -0.2) is 0 Å². The minimum atomic E-state index is -1.27. The first kappa shape index (κ1) is 15.3. The minimum absolute atomic E-state index is 0.0926. The van der Waals surface area contributed by atoms with E-state index >= 15 is 0 Å². The second-order valence-corrected chi connectivity index (χ2v) is 4.78. The van der Waals surface area contributed by atoms with Crippen molar-refractivity contribution in [2.45, 2.75) is 32.5 Å². The molecule has 0 aliphatic carbocycles. The van der Waals surface area contributed by atoms with Gasteiger partial charge in [0.05, 0.1) is 20.6 Å². The van der Waals surface area contributed by atoms with Crippen LogP contribution in [0.4, 0.5) is 0 Å². The van der Waals surface area contributed by atoms with Gasteiger partial charge in [0.25, 0.3) is 0 Å². The molecule has 0 unspecified atom stereocenters. The molecule has 0 rings (SSSR count). The number of hydrogen-bond acceptors (Lipinski definition) is 3. The van der Waals surface area contributed by atoms with Crippen molar-refractivity contribution in [3.05, 3.63) is 0 Å². The van der Waals surface area contributed by atoms with Crippen LogP contribution in [0.15, 0.2) is 0 Å². The molecule has 0 atom stereocenters. The molecule has 1 amide bonds. The summed E-state index contributed by atoms with van der Waals surface area (Å²) in [6.07, 6.45) is 1.01. The molecular formula is C11H25N2O3+. The fraction of sp³-hybridized carbons (Fsp3) is 0.909. The van der Waals surface area contributed by atoms with E-state index in [9.17, 15) is 4.79 Å². The predicted molar refractivity (Wildman–Crippen MR) is 62.6 cm³/mol. The summed E-state index contributed by atoms with van der Waals surface area (Å²) in [4.78, 5) is 11.1. The predicted octanol–water partition coefficient (Wildman–Crippen LogP) is -0.320. The number of likely N-dealkylation sites (N-methyl/N-ethyl adjacent to an activating group) is 1. The average Bonchev–Trinajstić information content (AvgIpc) is 2.11. The van der Waals surface area contributed by atoms with Crippen LogP contribution in [0.5, 0.6) is 0 Å². The van der Waals surface area contributed by atoms with Crippen molar-refractivity contribution in [2.24, 2.45) is 0 Å². The SMILES string of the molecule is CCCC(=O)NCCC[N+](C)(C)CC(O)O. The van der Waals surface area contributed by atoms with Gasteiger partial charge >= 0.3 is 0 Å². The van der Waals surface area contributed by atoms with Crippen LogP contribution in [-0.4, -0.2) is 60.6 Å². The van der Waals surface area contributed by atoms with E-state index in [2.05, 4.69) is 5.32 Å². The first-order chi connectivity index (χ1) is 7.37. The zero-order valence-electron chi connectivity index (χ0n) is 10.6. The molecule has 5 nitrogen and oxygen atoms in total. The van der Waals surface area contributed by atoms with E-state index in [1.165, 1.54) is 0 Å². The number of quaternary nitrogens is 1. The Hall–Kier alpha value is -0.650. The average molecular weight is 233 g/mol. The molecule has 0 saturated carbocycles. The molecule has 5 heteroatoms. The van der Waals surface area contributed by atoms with Gasteiger partial charge in [-0.1, -0.05) is 6.92 Å². The lowest BCUT2D eigenvalue weighted by atomic mass is 10.3. The number of aliphatic hydroxyl groups is 2. The summed E-state index contributed by atoms with van der Waals surface area (Å²) in [7, 11) is 3.88. The van der Waals surface area contributed by atoms with Crippen molar-refractivity contribution in [3.8, 4) is 0 Å².